The first-order valence-electron chi connectivity index (χ1n) is 11.9. The molecule has 0 bridgehead atoms. The van der Waals surface area contributed by atoms with Crippen LogP contribution in [-0.4, -0.2) is 48.6 Å². The highest BCUT2D eigenvalue weighted by Crippen LogP contribution is 2.47. The number of nitrogens with one attached hydrogen (secondary N) is 1. The van der Waals surface area contributed by atoms with Crippen LogP contribution < -0.4 is 10.1 Å². The number of likely N-dealkylation sites (tertiary alicyclic amines) is 1. The molecule has 2 aromatic carbocycles. The molecule has 1 aliphatic carbocycles. The van der Waals surface area contributed by atoms with Gasteiger partial charge >= 0.3 is 6.03 Å². The number of ketones is 2. The summed E-state index contributed by atoms with van der Waals surface area (Å²) < 4.78 is 18.9. The summed E-state index contributed by atoms with van der Waals surface area (Å²) in [4.78, 5) is 52.7. The lowest BCUT2D eigenvalue weighted by Crippen LogP contribution is -2.64. The first-order valence-corrected chi connectivity index (χ1v) is 11.9. The van der Waals surface area contributed by atoms with Crippen molar-refractivity contribution in [1.82, 2.24) is 10.2 Å². The zero-order chi connectivity index (χ0) is 26.4. The summed E-state index contributed by atoms with van der Waals surface area (Å²) in [5.41, 5.74) is 1.59. The number of hydrogen-bond donors (Lipinski definition) is 1. The van der Waals surface area contributed by atoms with E-state index in [9.17, 15) is 23.6 Å². The predicted molar refractivity (Wildman–Crippen MR) is 132 cm³/mol. The van der Waals surface area contributed by atoms with Crippen LogP contribution >= 0.6 is 0 Å². The molecule has 1 saturated carbocycles. The standard InChI is InChI=1S/C28H31FN2O5/c1-16-10-18(17-6-8-19(29)9-7-17)11-22(36-5)23(16)24-20(32)12-28(13-21(24)33)14-31(15-28)26(35)30-25(34)27(2,3)4/h6-11,24H,12-15H2,1-5H3,(H,30,34,35). The minimum absolute atomic E-state index is 0.169. The van der Waals surface area contributed by atoms with E-state index in [4.69, 9.17) is 4.74 Å². The minimum atomic E-state index is -0.932. The summed E-state index contributed by atoms with van der Waals surface area (Å²) in [6.07, 6.45) is 0.339. The fraction of sp³-hybridized carbons (Fsp3) is 0.429. The van der Waals surface area contributed by atoms with Gasteiger partial charge in [-0.1, -0.05) is 39.0 Å². The lowest BCUT2D eigenvalue weighted by Gasteiger charge is -2.52. The van der Waals surface area contributed by atoms with Gasteiger partial charge in [-0.05, 0) is 41.8 Å². The Labute approximate surface area is 210 Å². The van der Waals surface area contributed by atoms with E-state index >= 15 is 0 Å². The number of imide groups is 1. The normalized spacial score (nSPS) is 17.7. The molecule has 0 unspecified atom stereocenters. The van der Waals surface area contributed by atoms with Crippen LogP contribution in [0.3, 0.4) is 0 Å². The molecule has 1 spiro atoms. The summed E-state index contributed by atoms with van der Waals surface area (Å²) in [6.45, 7) is 7.48. The number of hydrogen-bond acceptors (Lipinski definition) is 5. The average molecular weight is 495 g/mol. The number of methoxy groups -OCH3 is 1. The van der Waals surface area contributed by atoms with Crippen LogP contribution in [0.2, 0.25) is 0 Å². The van der Waals surface area contributed by atoms with Crippen LogP contribution in [0, 0.1) is 23.6 Å². The maximum atomic E-state index is 13.3. The Morgan fingerprint density at radius 1 is 1.03 bits per heavy atom. The second-order valence-corrected chi connectivity index (χ2v) is 11.0. The lowest BCUT2D eigenvalue weighted by molar-refractivity contribution is -0.142. The first kappa shape index (κ1) is 25.5. The van der Waals surface area contributed by atoms with Gasteiger partial charge in [-0.3, -0.25) is 19.7 Å². The molecule has 1 N–H and O–H groups in total. The van der Waals surface area contributed by atoms with Crippen molar-refractivity contribution in [3.05, 3.63) is 53.3 Å². The van der Waals surface area contributed by atoms with Gasteiger partial charge in [0.25, 0.3) is 0 Å². The fourth-order valence-corrected chi connectivity index (χ4v) is 5.12. The Morgan fingerprint density at radius 2 is 1.61 bits per heavy atom. The number of carbonyl (C=O) groups excluding carboxylic acids is 4. The largest absolute Gasteiger partial charge is 0.496 e. The van der Waals surface area contributed by atoms with Crippen molar-refractivity contribution in [2.24, 2.45) is 10.8 Å². The van der Waals surface area contributed by atoms with Crippen LogP contribution in [0.4, 0.5) is 9.18 Å². The Morgan fingerprint density at radius 3 is 2.14 bits per heavy atom. The molecule has 36 heavy (non-hydrogen) atoms. The topological polar surface area (TPSA) is 92.8 Å². The van der Waals surface area contributed by atoms with E-state index in [2.05, 4.69) is 5.32 Å². The molecule has 4 rings (SSSR count). The quantitative estimate of drug-likeness (QED) is 0.638. The molecule has 1 saturated heterocycles. The molecule has 2 aromatic rings. The van der Waals surface area contributed by atoms with Crippen LogP contribution in [0.1, 0.15) is 50.7 Å². The van der Waals surface area contributed by atoms with Gasteiger partial charge in [0.2, 0.25) is 5.91 Å². The summed E-state index contributed by atoms with van der Waals surface area (Å²) in [5, 5.41) is 2.39. The molecule has 190 valence electrons. The molecule has 1 aliphatic heterocycles. The van der Waals surface area contributed by atoms with E-state index in [0.717, 1.165) is 16.7 Å². The fourth-order valence-electron chi connectivity index (χ4n) is 5.12. The number of nitrogens with zero attached hydrogens (tertiary/aromatic N) is 1. The lowest BCUT2D eigenvalue weighted by atomic mass is 9.63. The van der Waals surface area contributed by atoms with E-state index < -0.39 is 22.8 Å². The van der Waals surface area contributed by atoms with Crippen molar-refractivity contribution >= 4 is 23.5 Å². The first-order chi connectivity index (χ1) is 16.8. The Hall–Kier alpha value is -3.55. The third-order valence-electron chi connectivity index (χ3n) is 7.02. The van der Waals surface area contributed by atoms with Crippen molar-refractivity contribution in [2.75, 3.05) is 20.2 Å². The smallest absolute Gasteiger partial charge is 0.324 e. The number of carbonyl (C=O) groups is 4. The maximum Gasteiger partial charge on any atom is 0.324 e. The second kappa shape index (κ2) is 9.15. The molecule has 1 heterocycles. The highest BCUT2D eigenvalue weighted by Gasteiger charge is 2.54. The maximum absolute atomic E-state index is 13.3. The molecular weight excluding hydrogens is 463 g/mol. The minimum Gasteiger partial charge on any atom is -0.496 e. The number of aryl methyl sites for hydroxylation is 1. The SMILES string of the molecule is COc1cc(-c2ccc(F)cc2)cc(C)c1C1C(=O)CC2(CC1=O)CN(C(=O)NC(=O)C(C)(C)C)C2. The van der Waals surface area contributed by atoms with Gasteiger partial charge in [-0.15, -0.1) is 0 Å². The zero-order valence-corrected chi connectivity index (χ0v) is 21.2. The number of benzene rings is 2. The summed E-state index contributed by atoms with van der Waals surface area (Å²) in [6, 6.07) is 9.21. The zero-order valence-electron chi connectivity index (χ0n) is 21.2. The second-order valence-electron chi connectivity index (χ2n) is 11.0. The number of Topliss-reactive ketones (excluding diaryl/α,β-unsaturated/α-hetero) is 2. The van der Waals surface area contributed by atoms with E-state index in [1.165, 1.54) is 24.1 Å². The molecule has 0 atom stereocenters. The number of ether oxygens (including phenoxy) is 1. The number of urea groups is 1. The van der Waals surface area contributed by atoms with Gasteiger partial charge in [0.05, 0.1) is 7.11 Å². The van der Waals surface area contributed by atoms with Crippen molar-refractivity contribution in [1.29, 1.82) is 0 Å². The van der Waals surface area contributed by atoms with E-state index in [0.29, 0.717) is 11.3 Å². The van der Waals surface area contributed by atoms with Crippen molar-refractivity contribution in [2.45, 2.75) is 46.5 Å². The Bertz CT molecular complexity index is 1220. The average Bonchev–Trinajstić information content (AvgIpc) is 2.77. The Kier molecular flexibility index (Phi) is 6.49. The predicted octanol–water partition coefficient (Wildman–Crippen LogP) is 4.41. The van der Waals surface area contributed by atoms with Crippen LogP contribution in [0.15, 0.2) is 36.4 Å². The Balaban J connectivity index is 1.51. The van der Waals surface area contributed by atoms with Gasteiger partial charge in [0.1, 0.15) is 29.1 Å². The molecular formula is C28H31FN2O5. The highest BCUT2D eigenvalue weighted by atomic mass is 19.1. The molecule has 0 aromatic heterocycles. The van der Waals surface area contributed by atoms with Crippen LogP contribution in [0.5, 0.6) is 5.75 Å². The molecule has 0 radical (unpaired) electrons. The van der Waals surface area contributed by atoms with Gasteiger partial charge in [-0.25, -0.2) is 9.18 Å². The van der Waals surface area contributed by atoms with Gasteiger partial charge in [-0.2, -0.15) is 0 Å². The van der Waals surface area contributed by atoms with Gasteiger partial charge in [0.15, 0.2) is 0 Å². The van der Waals surface area contributed by atoms with E-state index in [1.807, 2.05) is 13.0 Å². The summed E-state index contributed by atoms with van der Waals surface area (Å²) >= 11 is 0. The third-order valence-corrected chi connectivity index (χ3v) is 7.02. The van der Waals surface area contributed by atoms with Crippen molar-refractivity contribution < 1.29 is 28.3 Å². The van der Waals surface area contributed by atoms with E-state index in [1.54, 1.807) is 39.0 Å². The molecule has 2 fully saturated rings. The van der Waals surface area contributed by atoms with Gasteiger partial charge < -0.3 is 9.64 Å². The molecule has 8 heteroatoms. The summed E-state index contributed by atoms with van der Waals surface area (Å²) in [5.74, 6) is -1.61. The van der Waals surface area contributed by atoms with Crippen LogP contribution in [0.25, 0.3) is 11.1 Å². The molecule has 2 aliphatic rings. The monoisotopic (exact) mass is 494 g/mol. The van der Waals surface area contributed by atoms with Crippen molar-refractivity contribution in [3.8, 4) is 16.9 Å². The number of rotatable bonds is 3. The van der Waals surface area contributed by atoms with Crippen molar-refractivity contribution in [3.63, 3.8) is 0 Å². The third kappa shape index (κ3) is 4.76. The molecule has 3 amide bonds. The highest BCUT2D eigenvalue weighted by molar-refractivity contribution is 6.11. The number of halogens is 1. The van der Waals surface area contributed by atoms with Gasteiger partial charge in [0, 0.05) is 42.3 Å². The summed E-state index contributed by atoms with van der Waals surface area (Å²) in [7, 11) is 1.49. The number of amides is 3. The molecule has 7 nitrogen and oxygen atoms in total. The van der Waals surface area contributed by atoms with Crippen LogP contribution in [-0.2, 0) is 14.4 Å². The van der Waals surface area contributed by atoms with E-state index in [-0.39, 0.29) is 49.2 Å².